The van der Waals surface area contributed by atoms with Gasteiger partial charge in [0.05, 0.1) is 11.6 Å². The van der Waals surface area contributed by atoms with E-state index < -0.39 is 0 Å². The van der Waals surface area contributed by atoms with Gasteiger partial charge < -0.3 is 14.4 Å². The summed E-state index contributed by atoms with van der Waals surface area (Å²) in [5.74, 6) is 1.22. The number of ether oxygens (including phenoxy) is 2. The van der Waals surface area contributed by atoms with Crippen molar-refractivity contribution in [3.05, 3.63) is 42.2 Å². The molecule has 0 saturated carbocycles. The molecule has 4 rings (SSSR count). The van der Waals surface area contributed by atoms with E-state index in [2.05, 4.69) is 5.10 Å². The summed E-state index contributed by atoms with van der Waals surface area (Å²) in [6, 6.07) is 7.62. The molecule has 3 heterocycles. The number of aromatic nitrogens is 2. The van der Waals surface area contributed by atoms with Crippen LogP contribution in [0, 0.1) is 0 Å². The fourth-order valence-corrected chi connectivity index (χ4v) is 3.05. The number of carbonyl (C=O) groups excluding carboxylic acids is 1. The van der Waals surface area contributed by atoms with Crippen LogP contribution in [0.15, 0.2) is 36.7 Å². The van der Waals surface area contributed by atoms with Crippen LogP contribution in [-0.4, -0.2) is 46.9 Å². The number of hydrogen-bond acceptors (Lipinski definition) is 4. The second-order valence-electron chi connectivity index (χ2n) is 5.51. The highest BCUT2D eigenvalue weighted by molar-refractivity contribution is 5.98. The van der Waals surface area contributed by atoms with Gasteiger partial charge in [0.2, 0.25) is 0 Å². The molecule has 0 N–H and O–H groups in total. The van der Waals surface area contributed by atoms with E-state index in [0.717, 1.165) is 13.0 Å². The van der Waals surface area contributed by atoms with Crippen molar-refractivity contribution in [2.75, 3.05) is 26.3 Å². The first kappa shape index (κ1) is 13.2. The van der Waals surface area contributed by atoms with E-state index in [4.69, 9.17) is 9.47 Å². The molecule has 6 heteroatoms. The fraction of sp³-hybridized carbons (Fsp3) is 0.375. The SMILES string of the molecule is O=C(c1cccc2c1OCCO2)N1CCC(n2cccn2)C1. The van der Waals surface area contributed by atoms with E-state index in [9.17, 15) is 4.79 Å². The fourth-order valence-electron chi connectivity index (χ4n) is 3.05. The van der Waals surface area contributed by atoms with Crippen molar-refractivity contribution >= 4 is 5.91 Å². The molecular formula is C16H17N3O3. The number of hydrogen-bond donors (Lipinski definition) is 0. The van der Waals surface area contributed by atoms with Gasteiger partial charge in [0.1, 0.15) is 13.2 Å². The summed E-state index contributed by atoms with van der Waals surface area (Å²) in [6.45, 7) is 2.40. The minimum atomic E-state index is -0.00277. The van der Waals surface area contributed by atoms with Gasteiger partial charge in [-0.2, -0.15) is 5.10 Å². The average Bonchev–Trinajstić information content (AvgIpc) is 3.24. The molecule has 22 heavy (non-hydrogen) atoms. The summed E-state index contributed by atoms with van der Waals surface area (Å²) in [4.78, 5) is 14.7. The van der Waals surface area contributed by atoms with Gasteiger partial charge in [-0.25, -0.2) is 0 Å². The summed E-state index contributed by atoms with van der Waals surface area (Å²) >= 11 is 0. The minimum absolute atomic E-state index is 0.00277. The Morgan fingerprint density at radius 2 is 2.14 bits per heavy atom. The van der Waals surface area contributed by atoms with E-state index in [1.807, 2.05) is 34.0 Å². The number of fused-ring (bicyclic) bond motifs is 1. The van der Waals surface area contributed by atoms with Crippen LogP contribution in [-0.2, 0) is 0 Å². The van der Waals surface area contributed by atoms with Crippen molar-refractivity contribution in [2.24, 2.45) is 0 Å². The first-order valence-corrected chi connectivity index (χ1v) is 7.50. The second-order valence-corrected chi connectivity index (χ2v) is 5.51. The summed E-state index contributed by atoms with van der Waals surface area (Å²) < 4.78 is 13.1. The zero-order chi connectivity index (χ0) is 14.9. The summed E-state index contributed by atoms with van der Waals surface area (Å²) in [5.41, 5.74) is 0.582. The Hall–Kier alpha value is -2.50. The third kappa shape index (κ3) is 2.20. The number of para-hydroxylation sites is 1. The predicted molar refractivity (Wildman–Crippen MR) is 79.2 cm³/mol. The highest BCUT2D eigenvalue weighted by atomic mass is 16.6. The van der Waals surface area contributed by atoms with Gasteiger partial charge in [-0.3, -0.25) is 9.48 Å². The lowest BCUT2D eigenvalue weighted by atomic mass is 10.1. The van der Waals surface area contributed by atoms with Gasteiger partial charge >= 0.3 is 0 Å². The molecule has 0 spiro atoms. The highest BCUT2D eigenvalue weighted by Gasteiger charge is 2.31. The quantitative estimate of drug-likeness (QED) is 0.847. The van der Waals surface area contributed by atoms with Crippen molar-refractivity contribution in [2.45, 2.75) is 12.5 Å². The molecule has 6 nitrogen and oxygen atoms in total. The standard InChI is InChI=1S/C16H17N3O3/c20-16(13-3-1-4-14-15(13)22-10-9-21-14)18-8-5-12(11-18)19-7-2-6-17-19/h1-4,6-7,12H,5,8-11H2. The zero-order valence-corrected chi connectivity index (χ0v) is 12.1. The number of amides is 1. The maximum Gasteiger partial charge on any atom is 0.257 e. The molecule has 1 aromatic carbocycles. The lowest BCUT2D eigenvalue weighted by molar-refractivity contribution is 0.0776. The van der Waals surface area contributed by atoms with Crippen LogP contribution in [0.1, 0.15) is 22.8 Å². The number of likely N-dealkylation sites (tertiary alicyclic amines) is 1. The molecule has 0 bridgehead atoms. The molecule has 1 atom stereocenters. The van der Waals surface area contributed by atoms with Gasteiger partial charge in [-0.05, 0) is 24.6 Å². The van der Waals surface area contributed by atoms with Gasteiger partial charge in [0.25, 0.3) is 5.91 Å². The largest absolute Gasteiger partial charge is 0.486 e. The van der Waals surface area contributed by atoms with Gasteiger partial charge in [-0.1, -0.05) is 6.07 Å². The molecule has 2 aliphatic rings. The van der Waals surface area contributed by atoms with Crippen molar-refractivity contribution in [3.63, 3.8) is 0 Å². The Labute approximate surface area is 128 Å². The van der Waals surface area contributed by atoms with Gasteiger partial charge in [-0.15, -0.1) is 0 Å². The summed E-state index contributed by atoms with van der Waals surface area (Å²) in [7, 11) is 0. The van der Waals surface area contributed by atoms with Crippen molar-refractivity contribution in [1.82, 2.24) is 14.7 Å². The second kappa shape index (κ2) is 5.36. The molecule has 2 aliphatic heterocycles. The summed E-state index contributed by atoms with van der Waals surface area (Å²) in [5, 5.41) is 4.27. The number of rotatable bonds is 2. The van der Waals surface area contributed by atoms with E-state index in [-0.39, 0.29) is 11.9 Å². The maximum absolute atomic E-state index is 12.8. The Bertz CT molecular complexity index is 684. The molecule has 1 saturated heterocycles. The first-order chi connectivity index (χ1) is 10.8. The molecule has 0 aliphatic carbocycles. The lowest BCUT2D eigenvalue weighted by Crippen LogP contribution is -2.30. The van der Waals surface area contributed by atoms with Crippen LogP contribution < -0.4 is 9.47 Å². The third-order valence-electron chi connectivity index (χ3n) is 4.15. The van der Waals surface area contributed by atoms with Crippen LogP contribution in [0.4, 0.5) is 0 Å². The topological polar surface area (TPSA) is 56.6 Å². The Morgan fingerprint density at radius 1 is 1.23 bits per heavy atom. The van der Waals surface area contributed by atoms with E-state index >= 15 is 0 Å². The first-order valence-electron chi connectivity index (χ1n) is 7.50. The van der Waals surface area contributed by atoms with Crippen LogP contribution in [0.25, 0.3) is 0 Å². The zero-order valence-electron chi connectivity index (χ0n) is 12.1. The third-order valence-corrected chi connectivity index (χ3v) is 4.15. The van der Waals surface area contributed by atoms with Gasteiger partial charge in [0.15, 0.2) is 11.5 Å². The molecule has 1 amide bonds. The highest BCUT2D eigenvalue weighted by Crippen LogP contribution is 2.35. The van der Waals surface area contributed by atoms with Crippen molar-refractivity contribution < 1.29 is 14.3 Å². The average molecular weight is 299 g/mol. The number of benzene rings is 1. The van der Waals surface area contributed by atoms with Gasteiger partial charge in [0, 0.05) is 25.5 Å². The number of nitrogens with zero attached hydrogens (tertiary/aromatic N) is 3. The van der Waals surface area contributed by atoms with Crippen LogP contribution in [0.2, 0.25) is 0 Å². The normalized spacial score (nSPS) is 20.2. The lowest BCUT2D eigenvalue weighted by Gasteiger charge is -2.23. The molecule has 2 aromatic rings. The van der Waals surface area contributed by atoms with Crippen molar-refractivity contribution in [1.29, 1.82) is 0 Å². The Balaban J connectivity index is 1.56. The molecule has 1 aromatic heterocycles. The summed E-state index contributed by atoms with van der Waals surface area (Å²) in [6.07, 6.45) is 4.63. The monoisotopic (exact) mass is 299 g/mol. The van der Waals surface area contributed by atoms with Crippen LogP contribution in [0.3, 0.4) is 0 Å². The molecular weight excluding hydrogens is 282 g/mol. The molecule has 114 valence electrons. The Kier molecular flexibility index (Phi) is 3.21. The smallest absolute Gasteiger partial charge is 0.257 e. The minimum Gasteiger partial charge on any atom is -0.486 e. The van der Waals surface area contributed by atoms with Crippen LogP contribution >= 0.6 is 0 Å². The van der Waals surface area contributed by atoms with E-state index in [0.29, 0.717) is 36.8 Å². The predicted octanol–water partition coefficient (Wildman–Crippen LogP) is 1.74. The number of carbonyl (C=O) groups is 1. The molecule has 1 fully saturated rings. The van der Waals surface area contributed by atoms with E-state index in [1.54, 1.807) is 12.3 Å². The molecule has 0 radical (unpaired) electrons. The molecule has 1 unspecified atom stereocenters. The Morgan fingerprint density at radius 3 is 3.00 bits per heavy atom. The van der Waals surface area contributed by atoms with Crippen molar-refractivity contribution in [3.8, 4) is 11.5 Å². The van der Waals surface area contributed by atoms with E-state index in [1.165, 1.54) is 0 Å². The maximum atomic E-state index is 12.8. The van der Waals surface area contributed by atoms with Crippen LogP contribution in [0.5, 0.6) is 11.5 Å².